The lowest BCUT2D eigenvalue weighted by Gasteiger charge is -2.35. The molecule has 2 heterocycles. The molecule has 0 atom stereocenters. The number of carbonyl (C=O) groups is 2. The van der Waals surface area contributed by atoms with E-state index in [2.05, 4.69) is 4.98 Å². The van der Waals surface area contributed by atoms with Crippen molar-refractivity contribution in [3.8, 4) is 0 Å². The molecule has 28 heavy (non-hydrogen) atoms. The number of halogens is 1. The summed E-state index contributed by atoms with van der Waals surface area (Å²) < 4.78 is 0. The number of benzene rings is 1. The Morgan fingerprint density at radius 2 is 1.71 bits per heavy atom. The van der Waals surface area contributed by atoms with E-state index < -0.39 is 4.92 Å². The lowest BCUT2D eigenvalue weighted by Crippen LogP contribution is -2.49. The summed E-state index contributed by atoms with van der Waals surface area (Å²) >= 11 is 5.81. The van der Waals surface area contributed by atoms with Gasteiger partial charge in [-0.15, -0.1) is 0 Å². The molecule has 0 radical (unpaired) electrons. The summed E-state index contributed by atoms with van der Waals surface area (Å²) in [7, 11) is 0. The molecule has 1 amide bonds. The minimum atomic E-state index is -0.487. The van der Waals surface area contributed by atoms with Crippen molar-refractivity contribution < 1.29 is 14.5 Å². The lowest BCUT2D eigenvalue weighted by atomic mass is 10.1. The zero-order chi connectivity index (χ0) is 20.1. The first-order chi connectivity index (χ1) is 13.4. The van der Waals surface area contributed by atoms with Gasteiger partial charge in [0, 0.05) is 55.7 Å². The van der Waals surface area contributed by atoms with Crippen LogP contribution in [-0.4, -0.2) is 52.7 Å². The summed E-state index contributed by atoms with van der Waals surface area (Å²) in [5, 5.41) is 11.3. The molecular formula is C19H19ClN4O4. The first kappa shape index (κ1) is 19.8. The molecule has 1 aliphatic heterocycles. The van der Waals surface area contributed by atoms with Crippen molar-refractivity contribution in [2.45, 2.75) is 12.8 Å². The lowest BCUT2D eigenvalue weighted by molar-refractivity contribution is -0.385. The predicted octanol–water partition coefficient (Wildman–Crippen LogP) is 2.95. The van der Waals surface area contributed by atoms with Crippen LogP contribution in [0.2, 0.25) is 5.02 Å². The Morgan fingerprint density at radius 1 is 1.04 bits per heavy atom. The monoisotopic (exact) mass is 402 g/mol. The van der Waals surface area contributed by atoms with Gasteiger partial charge in [-0.1, -0.05) is 11.6 Å². The predicted molar refractivity (Wildman–Crippen MR) is 105 cm³/mol. The highest BCUT2D eigenvalue weighted by Crippen LogP contribution is 2.18. The highest BCUT2D eigenvalue weighted by Gasteiger charge is 2.22. The molecule has 0 saturated carbocycles. The van der Waals surface area contributed by atoms with Crippen molar-refractivity contribution >= 4 is 34.8 Å². The second-order valence-electron chi connectivity index (χ2n) is 6.43. The van der Waals surface area contributed by atoms with Crippen LogP contribution in [0.15, 0.2) is 42.6 Å². The molecule has 1 aliphatic rings. The Balaban J connectivity index is 1.47. The maximum Gasteiger partial charge on any atom is 0.287 e. The Morgan fingerprint density at radius 3 is 2.29 bits per heavy atom. The summed E-state index contributed by atoms with van der Waals surface area (Å²) in [6.45, 7) is 2.21. The summed E-state index contributed by atoms with van der Waals surface area (Å²) in [4.78, 5) is 42.6. The number of pyridine rings is 1. The van der Waals surface area contributed by atoms with Gasteiger partial charge in [0.1, 0.15) is 12.0 Å². The van der Waals surface area contributed by atoms with E-state index in [1.807, 2.05) is 4.90 Å². The van der Waals surface area contributed by atoms with Gasteiger partial charge in [-0.05, 0) is 30.3 Å². The number of amides is 1. The van der Waals surface area contributed by atoms with Crippen LogP contribution in [0.1, 0.15) is 23.2 Å². The van der Waals surface area contributed by atoms with Gasteiger partial charge in [-0.2, -0.15) is 0 Å². The molecule has 1 fully saturated rings. The maximum atomic E-state index is 12.4. The quantitative estimate of drug-likeness (QED) is 0.418. The van der Waals surface area contributed by atoms with Gasteiger partial charge in [0.05, 0.1) is 4.92 Å². The SMILES string of the molecule is O=C(CCC(=O)N1CCN(c2ccc([N+](=O)[O-])cn2)CC1)c1ccc(Cl)cc1. The molecule has 0 aliphatic carbocycles. The fraction of sp³-hybridized carbons (Fsp3) is 0.316. The van der Waals surface area contributed by atoms with Gasteiger partial charge in [-0.25, -0.2) is 4.98 Å². The number of anilines is 1. The Bertz CT molecular complexity index is 863. The average Bonchev–Trinajstić information content (AvgIpc) is 2.72. The van der Waals surface area contributed by atoms with Crippen LogP contribution in [0.5, 0.6) is 0 Å². The smallest absolute Gasteiger partial charge is 0.287 e. The largest absolute Gasteiger partial charge is 0.353 e. The maximum absolute atomic E-state index is 12.4. The molecule has 146 valence electrons. The molecule has 2 aromatic rings. The molecule has 1 aromatic carbocycles. The number of carbonyl (C=O) groups excluding carboxylic acids is 2. The number of ketones is 1. The van der Waals surface area contributed by atoms with Gasteiger partial charge < -0.3 is 9.80 Å². The Kier molecular flexibility index (Phi) is 6.20. The van der Waals surface area contributed by atoms with Gasteiger partial charge in [0.2, 0.25) is 5.91 Å². The van der Waals surface area contributed by atoms with Crippen LogP contribution in [0.25, 0.3) is 0 Å². The van der Waals surface area contributed by atoms with E-state index in [1.165, 1.54) is 12.3 Å². The fourth-order valence-electron chi connectivity index (χ4n) is 3.02. The molecular weight excluding hydrogens is 384 g/mol. The summed E-state index contributed by atoms with van der Waals surface area (Å²) in [5.41, 5.74) is 0.495. The molecule has 0 N–H and O–H groups in total. The van der Waals surface area contributed by atoms with E-state index in [9.17, 15) is 19.7 Å². The number of nitrogens with zero attached hydrogens (tertiary/aromatic N) is 4. The molecule has 9 heteroatoms. The van der Waals surface area contributed by atoms with E-state index >= 15 is 0 Å². The van der Waals surface area contributed by atoms with Gasteiger partial charge in [0.15, 0.2) is 5.78 Å². The summed E-state index contributed by atoms with van der Waals surface area (Å²) in [6.07, 6.45) is 1.55. The first-order valence-corrected chi connectivity index (χ1v) is 9.24. The standard InChI is InChI=1S/C19H19ClN4O4/c20-15-3-1-14(2-4-15)17(25)6-8-19(26)23-11-9-22(10-12-23)18-7-5-16(13-21-18)24(27)28/h1-5,7,13H,6,8-12H2. The molecule has 3 rings (SSSR count). The zero-order valence-corrected chi connectivity index (χ0v) is 15.8. The highest BCUT2D eigenvalue weighted by atomic mass is 35.5. The normalized spacial score (nSPS) is 14.0. The summed E-state index contributed by atoms with van der Waals surface area (Å²) in [5.74, 6) is 0.507. The van der Waals surface area contributed by atoms with Crippen LogP contribution in [0.4, 0.5) is 11.5 Å². The van der Waals surface area contributed by atoms with Crippen molar-refractivity contribution in [1.29, 1.82) is 0 Å². The number of Topliss-reactive ketones (excluding diaryl/α,β-unsaturated/α-hetero) is 1. The van der Waals surface area contributed by atoms with Gasteiger partial charge >= 0.3 is 0 Å². The first-order valence-electron chi connectivity index (χ1n) is 8.86. The van der Waals surface area contributed by atoms with Crippen LogP contribution < -0.4 is 4.90 Å². The van der Waals surface area contributed by atoms with Crippen molar-refractivity contribution in [2.75, 3.05) is 31.1 Å². The highest BCUT2D eigenvalue weighted by molar-refractivity contribution is 6.30. The second kappa shape index (κ2) is 8.79. The number of hydrogen-bond acceptors (Lipinski definition) is 6. The topological polar surface area (TPSA) is 96.7 Å². The van der Waals surface area contributed by atoms with Gasteiger partial charge in [-0.3, -0.25) is 19.7 Å². The van der Waals surface area contributed by atoms with Gasteiger partial charge in [0.25, 0.3) is 5.69 Å². The third kappa shape index (κ3) is 4.83. The third-order valence-corrected chi connectivity index (χ3v) is 4.88. The molecule has 1 saturated heterocycles. The molecule has 0 bridgehead atoms. The van der Waals surface area contributed by atoms with E-state index in [4.69, 9.17) is 11.6 Å². The van der Waals surface area contributed by atoms with Crippen molar-refractivity contribution in [3.63, 3.8) is 0 Å². The van der Waals surface area contributed by atoms with Crippen LogP contribution in [0.3, 0.4) is 0 Å². The number of nitro groups is 1. The molecule has 0 spiro atoms. The third-order valence-electron chi connectivity index (χ3n) is 4.63. The number of hydrogen-bond donors (Lipinski definition) is 0. The Hall–Kier alpha value is -3.00. The summed E-state index contributed by atoms with van der Waals surface area (Å²) in [6, 6.07) is 9.66. The van der Waals surface area contributed by atoms with E-state index in [-0.39, 0.29) is 30.2 Å². The average molecular weight is 403 g/mol. The minimum Gasteiger partial charge on any atom is -0.353 e. The number of aromatic nitrogens is 1. The number of rotatable bonds is 6. The minimum absolute atomic E-state index is 0.0529. The van der Waals surface area contributed by atoms with E-state index in [0.29, 0.717) is 42.6 Å². The van der Waals surface area contributed by atoms with Crippen molar-refractivity contribution in [1.82, 2.24) is 9.88 Å². The molecule has 8 nitrogen and oxygen atoms in total. The second-order valence-corrected chi connectivity index (χ2v) is 6.87. The Labute approximate surface area is 166 Å². The van der Waals surface area contributed by atoms with E-state index in [0.717, 1.165) is 0 Å². The number of piperazine rings is 1. The fourth-order valence-corrected chi connectivity index (χ4v) is 3.14. The van der Waals surface area contributed by atoms with E-state index in [1.54, 1.807) is 35.2 Å². The molecule has 0 unspecified atom stereocenters. The van der Waals surface area contributed by atoms with Crippen LogP contribution in [-0.2, 0) is 4.79 Å². The van der Waals surface area contributed by atoms with Crippen molar-refractivity contribution in [3.05, 3.63) is 63.3 Å². The van der Waals surface area contributed by atoms with Crippen LogP contribution in [0, 0.1) is 10.1 Å². The van der Waals surface area contributed by atoms with Crippen LogP contribution >= 0.6 is 11.6 Å². The van der Waals surface area contributed by atoms with Crippen molar-refractivity contribution in [2.24, 2.45) is 0 Å². The zero-order valence-electron chi connectivity index (χ0n) is 15.1. The molecule has 1 aromatic heterocycles.